The van der Waals surface area contributed by atoms with Crippen LogP contribution in [0.25, 0.3) is 33.1 Å². The summed E-state index contributed by atoms with van der Waals surface area (Å²) in [6.45, 7) is 8.92. The van der Waals surface area contributed by atoms with Crippen molar-refractivity contribution in [3.05, 3.63) is 71.8 Å². The van der Waals surface area contributed by atoms with Crippen molar-refractivity contribution < 1.29 is 4.42 Å². The van der Waals surface area contributed by atoms with Crippen LogP contribution in [0.5, 0.6) is 0 Å². The zero-order chi connectivity index (χ0) is 16.9. The lowest BCUT2D eigenvalue weighted by Crippen LogP contribution is -2.13. The predicted octanol–water partition coefficient (Wildman–Crippen LogP) is 6.86. The van der Waals surface area contributed by atoms with Gasteiger partial charge in [0.25, 0.3) is 0 Å². The van der Waals surface area contributed by atoms with Crippen LogP contribution in [0.15, 0.2) is 65.1 Å². The summed E-state index contributed by atoms with van der Waals surface area (Å²) in [5.74, 6) is 0. The molecule has 0 N–H and O–H groups in total. The summed E-state index contributed by atoms with van der Waals surface area (Å²) in [5.41, 5.74) is 6.99. The van der Waals surface area contributed by atoms with Gasteiger partial charge >= 0.3 is 0 Å². The minimum Gasteiger partial charge on any atom is -0.455 e. The van der Waals surface area contributed by atoms with Crippen LogP contribution >= 0.6 is 0 Å². The lowest BCUT2D eigenvalue weighted by Gasteiger charge is -2.21. The van der Waals surface area contributed by atoms with E-state index >= 15 is 0 Å². The van der Waals surface area contributed by atoms with Crippen LogP contribution in [-0.2, 0) is 5.41 Å². The highest BCUT2D eigenvalue weighted by Gasteiger charge is 2.23. The average Bonchev–Trinajstić information content (AvgIpc) is 2.92. The molecule has 3 aromatic carbocycles. The Morgan fingerprint density at radius 1 is 0.708 bits per heavy atom. The number of rotatable bonds is 1. The van der Waals surface area contributed by atoms with Gasteiger partial charge in [0.15, 0.2) is 0 Å². The summed E-state index contributed by atoms with van der Waals surface area (Å²) in [6, 6.07) is 21.3. The Balaban J connectivity index is 2.13. The Morgan fingerprint density at radius 3 is 2.12 bits per heavy atom. The van der Waals surface area contributed by atoms with Gasteiger partial charge in [0.05, 0.1) is 0 Å². The molecule has 1 nitrogen and oxygen atoms in total. The Kier molecular flexibility index (Phi) is 3.28. The molecule has 0 spiro atoms. The summed E-state index contributed by atoms with van der Waals surface area (Å²) < 4.78 is 6.48. The van der Waals surface area contributed by atoms with Crippen molar-refractivity contribution >= 4 is 21.9 Å². The van der Waals surface area contributed by atoms with Crippen LogP contribution in [0, 0.1) is 6.92 Å². The highest BCUT2D eigenvalue weighted by Crippen LogP contribution is 2.41. The molecule has 120 valence electrons. The monoisotopic (exact) mass is 314 g/mol. The first-order valence-corrected chi connectivity index (χ1v) is 8.47. The van der Waals surface area contributed by atoms with E-state index in [2.05, 4.69) is 82.3 Å². The van der Waals surface area contributed by atoms with Gasteiger partial charge in [0.2, 0.25) is 0 Å². The molecule has 1 heterocycles. The third-order valence-electron chi connectivity index (χ3n) is 4.71. The standard InChI is InChI=1S/C23H22O/c1-15-13-14-19-18-12-8-11-17(16-9-6-5-7-10-16)21(18)24-22(19)20(15)23(2,3)4/h5-14H,1-4H3. The van der Waals surface area contributed by atoms with E-state index in [1.807, 2.05) is 6.07 Å². The van der Waals surface area contributed by atoms with Crippen molar-refractivity contribution in [3.63, 3.8) is 0 Å². The number of hydrogen-bond acceptors (Lipinski definition) is 1. The van der Waals surface area contributed by atoms with Crippen LogP contribution in [-0.4, -0.2) is 0 Å². The highest BCUT2D eigenvalue weighted by molar-refractivity contribution is 6.10. The molecule has 0 aliphatic rings. The number of hydrogen-bond donors (Lipinski definition) is 0. The van der Waals surface area contributed by atoms with Gasteiger partial charge < -0.3 is 4.42 Å². The minimum atomic E-state index is 0.0460. The normalized spacial score (nSPS) is 12.2. The maximum Gasteiger partial charge on any atom is 0.143 e. The molecule has 0 radical (unpaired) electrons. The van der Waals surface area contributed by atoms with Gasteiger partial charge in [-0.2, -0.15) is 0 Å². The van der Waals surface area contributed by atoms with Crippen molar-refractivity contribution in [2.24, 2.45) is 0 Å². The van der Waals surface area contributed by atoms with Gasteiger partial charge in [-0.15, -0.1) is 0 Å². The molecule has 4 aromatic rings. The van der Waals surface area contributed by atoms with Crippen molar-refractivity contribution in [2.75, 3.05) is 0 Å². The smallest absolute Gasteiger partial charge is 0.143 e. The molecule has 0 unspecified atom stereocenters. The van der Waals surface area contributed by atoms with E-state index in [0.29, 0.717) is 0 Å². The maximum absolute atomic E-state index is 6.48. The fraction of sp³-hybridized carbons (Fsp3) is 0.217. The molecule has 0 saturated carbocycles. The van der Waals surface area contributed by atoms with Crippen molar-refractivity contribution in [1.29, 1.82) is 0 Å². The van der Waals surface area contributed by atoms with Gasteiger partial charge in [0, 0.05) is 21.9 Å². The van der Waals surface area contributed by atoms with E-state index in [-0.39, 0.29) is 5.41 Å². The van der Waals surface area contributed by atoms with Gasteiger partial charge in [-0.05, 0) is 23.5 Å². The minimum absolute atomic E-state index is 0.0460. The zero-order valence-electron chi connectivity index (χ0n) is 14.7. The van der Waals surface area contributed by atoms with Crippen LogP contribution in [0.3, 0.4) is 0 Å². The number of furan rings is 1. The van der Waals surface area contributed by atoms with Gasteiger partial charge in [-0.3, -0.25) is 0 Å². The number of aryl methyl sites for hydroxylation is 1. The van der Waals surface area contributed by atoms with E-state index in [1.165, 1.54) is 27.5 Å². The molecule has 0 fully saturated rings. The van der Waals surface area contributed by atoms with Crippen LogP contribution in [0.4, 0.5) is 0 Å². The largest absolute Gasteiger partial charge is 0.455 e. The Labute approximate surface area is 142 Å². The first kappa shape index (κ1) is 15.0. The lowest BCUT2D eigenvalue weighted by atomic mass is 9.83. The third-order valence-corrected chi connectivity index (χ3v) is 4.71. The first-order chi connectivity index (χ1) is 11.5. The van der Waals surface area contributed by atoms with Crippen LogP contribution in [0.1, 0.15) is 31.9 Å². The van der Waals surface area contributed by atoms with Crippen molar-refractivity contribution in [2.45, 2.75) is 33.1 Å². The Hall–Kier alpha value is -2.54. The highest BCUT2D eigenvalue weighted by atomic mass is 16.3. The molecular weight excluding hydrogens is 292 g/mol. The van der Waals surface area contributed by atoms with E-state index in [1.54, 1.807) is 0 Å². The molecule has 0 saturated heterocycles. The summed E-state index contributed by atoms with van der Waals surface area (Å²) in [6.07, 6.45) is 0. The molecular formula is C23H22O. The van der Waals surface area contributed by atoms with E-state index < -0.39 is 0 Å². The molecule has 0 atom stereocenters. The second-order valence-corrected chi connectivity index (χ2v) is 7.53. The second kappa shape index (κ2) is 5.24. The van der Waals surface area contributed by atoms with Crippen LogP contribution in [0.2, 0.25) is 0 Å². The predicted molar refractivity (Wildman–Crippen MR) is 103 cm³/mol. The Morgan fingerprint density at radius 2 is 1.42 bits per heavy atom. The number of para-hydroxylation sites is 1. The van der Waals surface area contributed by atoms with Crippen molar-refractivity contribution in [1.82, 2.24) is 0 Å². The topological polar surface area (TPSA) is 13.1 Å². The van der Waals surface area contributed by atoms with E-state index in [4.69, 9.17) is 4.42 Å². The van der Waals surface area contributed by atoms with E-state index in [0.717, 1.165) is 16.7 Å². The number of fused-ring (bicyclic) bond motifs is 3. The lowest BCUT2D eigenvalue weighted by molar-refractivity contribution is 0.569. The van der Waals surface area contributed by atoms with E-state index in [9.17, 15) is 0 Å². The van der Waals surface area contributed by atoms with Gasteiger partial charge in [0.1, 0.15) is 11.2 Å². The molecule has 0 bridgehead atoms. The molecule has 4 rings (SSSR count). The fourth-order valence-corrected chi connectivity index (χ4v) is 3.74. The summed E-state index contributed by atoms with van der Waals surface area (Å²) >= 11 is 0. The summed E-state index contributed by atoms with van der Waals surface area (Å²) in [5, 5.41) is 2.40. The summed E-state index contributed by atoms with van der Waals surface area (Å²) in [7, 11) is 0. The Bertz CT molecular complexity index is 1030. The number of benzene rings is 3. The fourth-order valence-electron chi connectivity index (χ4n) is 3.74. The maximum atomic E-state index is 6.48. The first-order valence-electron chi connectivity index (χ1n) is 8.47. The quantitative estimate of drug-likeness (QED) is 0.374. The van der Waals surface area contributed by atoms with Gasteiger partial charge in [-0.25, -0.2) is 0 Å². The van der Waals surface area contributed by atoms with Gasteiger partial charge in [-0.1, -0.05) is 81.4 Å². The molecule has 1 aromatic heterocycles. The second-order valence-electron chi connectivity index (χ2n) is 7.53. The molecule has 1 heteroatoms. The van der Waals surface area contributed by atoms with Crippen LogP contribution < -0.4 is 0 Å². The molecule has 24 heavy (non-hydrogen) atoms. The zero-order valence-corrected chi connectivity index (χ0v) is 14.7. The molecule has 0 aliphatic heterocycles. The SMILES string of the molecule is Cc1ccc2c(oc3c(-c4ccccc4)cccc32)c1C(C)(C)C. The van der Waals surface area contributed by atoms with Crippen molar-refractivity contribution in [3.8, 4) is 11.1 Å². The summed E-state index contributed by atoms with van der Waals surface area (Å²) in [4.78, 5) is 0. The third kappa shape index (κ3) is 2.24. The average molecular weight is 314 g/mol. The molecule has 0 aliphatic carbocycles. The molecule has 0 amide bonds.